The minimum atomic E-state index is -2.62. The van der Waals surface area contributed by atoms with Crippen LogP contribution in [0.2, 0.25) is 0 Å². The van der Waals surface area contributed by atoms with Gasteiger partial charge in [0, 0.05) is 17.5 Å². The van der Waals surface area contributed by atoms with Gasteiger partial charge < -0.3 is 31.1 Å². The molecule has 0 aromatic heterocycles. The third-order valence-corrected chi connectivity index (χ3v) is 8.80. The van der Waals surface area contributed by atoms with E-state index in [1.54, 1.807) is 19.0 Å². The summed E-state index contributed by atoms with van der Waals surface area (Å²) in [5, 5.41) is 44.5. The van der Waals surface area contributed by atoms with Gasteiger partial charge in [-0.15, -0.1) is 0 Å². The molecule has 0 heterocycles. The van der Waals surface area contributed by atoms with Gasteiger partial charge in [-0.25, -0.2) is 0 Å². The molecule has 0 aliphatic heterocycles. The minimum Gasteiger partial charge on any atom is -0.507 e. The van der Waals surface area contributed by atoms with Crippen molar-refractivity contribution in [2.24, 2.45) is 23.5 Å². The molecule has 0 spiro atoms. The van der Waals surface area contributed by atoms with Crippen molar-refractivity contribution in [2.75, 3.05) is 14.1 Å². The molecule has 9 heteroatoms. The number of fused-ring (bicyclic) bond motifs is 3. The van der Waals surface area contributed by atoms with Crippen molar-refractivity contribution in [1.29, 1.82) is 0 Å². The second kappa shape index (κ2) is 8.15. The Morgan fingerprint density at radius 3 is 2.37 bits per heavy atom. The lowest BCUT2D eigenvalue weighted by atomic mass is 9.54. The second-order valence-corrected chi connectivity index (χ2v) is 10.8. The Morgan fingerprint density at radius 1 is 1.11 bits per heavy atom. The fourth-order valence-electron chi connectivity index (χ4n) is 7.25. The van der Waals surface area contributed by atoms with E-state index in [-0.39, 0.29) is 23.3 Å². The van der Waals surface area contributed by atoms with Gasteiger partial charge in [0.1, 0.15) is 17.4 Å². The number of phenols is 1. The number of Topliss-reactive ketones (excluding diaryl/α,β-unsaturated/α-hetero) is 2. The van der Waals surface area contributed by atoms with E-state index in [1.165, 1.54) is 6.07 Å². The Bertz CT molecular complexity index is 1150. The summed E-state index contributed by atoms with van der Waals surface area (Å²) >= 11 is 0. The molecule has 1 amide bonds. The van der Waals surface area contributed by atoms with E-state index in [0.29, 0.717) is 12.3 Å². The summed E-state index contributed by atoms with van der Waals surface area (Å²) in [7, 11) is 3.28. The summed E-state index contributed by atoms with van der Waals surface area (Å²) in [6.45, 7) is 0. The molecular formula is C26H32N2O7. The van der Waals surface area contributed by atoms with E-state index in [4.69, 9.17) is 5.73 Å². The molecule has 6 N–H and O–H groups in total. The predicted molar refractivity (Wildman–Crippen MR) is 125 cm³/mol. The van der Waals surface area contributed by atoms with Crippen molar-refractivity contribution in [3.05, 3.63) is 34.4 Å². The van der Waals surface area contributed by atoms with Crippen molar-refractivity contribution < 1.29 is 34.8 Å². The van der Waals surface area contributed by atoms with Gasteiger partial charge in [-0.1, -0.05) is 18.9 Å². The number of carbonyl (C=O) groups excluding carboxylic acids is 3. The molecule has 0 radical (unpaired) electrons. The second-order valence-electron chi connectivity index (χ2n) is 10.8. The molecule has 4 aliphatic carbocycles. The van der Waals surface area contributed by atoms with E-state index in [1.807, 2.05) is 6.07 Å². The van der Waals surface area contributed by atoms with Crippen LogP contribution in [0.3, 0.4) is 0 Å². The summed E-state index contributed by atoms with van der Waals surface area (Å²) in [5.74, 6) is -6.82. The molecule has 1 aromatic rings. The molecule has 2 unspecified atom stereocenters. The van der Waals surface area contributed by atoms with Crippen molar-refractivity contribution in [3.8, 4) is 5.75 Å². The van der Waals surface area contributed by atoms with Crippen molar-refractivity contribution in [2.45, 2.75) is 62.2 Å². The van der Waals surface area contributed by atoms with Crippen LogP contribution in [0.4, 0.5) is 0 Å². The molecule has 35 heavy (non-hydrogen) atoms. The van der Waals surface area contributed by atoms with Gasteiger partial charge in [0.25, 0.3) is 0 Å². The van der Waals surface area contributed by atoms with E-state index >= 15 is 0 Å². The lowest BCUT2D eigenvalue weighted by molar-refractivity contribution is -0.184. The molecule has 3 fully saturated rings. The number of carbonyl (C=O) groups is 3. The van der Waals surface area contributed by atoms with Gasteiger partial charge in [-0.2, -0.15) is 0 Å². The van der Waals surface area contributed by atoms with Crippen LogP contribution in [0.5, 0.6) is 5.75 Å². The van der Waals surface area contributed by atoms with Crippen LogP contribution in [0, 0.1) is 17.8 Å². The summed E-state index contributed by atoms with van der Waals surface area (Å²) in [6.07, 6.45) is 3.25. The molecule has 1 aromatic carbocycles. The number of hydrogen-bond donors (Lipinski definition) is 5. The normalized spacial score (nSPS) is 35.2. The summed E-state index contributed by atoms with van der Waals surface area (Å²) in [6, 6.07) is 2.52. The van der Waals surface area contributed by atoms with Gasteiger partial charge in [-0.05, 0) is 68.8 Å². The number of hydrogen-bond acceptors (Lipinski definition) is 8. The first-order valence-electron chi connectivity index (χ1n) is 12.2. The summed E-state index contributed by atoms with van der Waals surface area (Å²) in [4.78, 5) is 40.8. The smallest absolute Gasteiger partial charge is 0.230 e. The average Bonchev–Trinajstić information content (AvgIpc) is 3.30. The fraction of sp³-hybridized carbons (Fsp3) is 0.577. The third-order valence-electron chi connectivity index (χ3n) is 8.80. The maximum absolute atomic E-state index is 13.8. The van der Waals surface area contributed by atoms with Crippen LogP contribution in [0.25, 0.3) is 5.76 Å². The molecule has 9 nitrogen and oxygen atoms in total. The highest BCUT2D eigenvalue weighted by Crippen LogP contribution is 2.53. The number of aliphatic hydroxyl groups excluding tert-OH is 2. The van der Waals surface area contributed by atoms with Gasteiger partial charge >= 0.3 is 0 Å². The Labute approximate surface area is 203 Å². The highest BCUT2D eigenvalue weighted by molar-refractivity contribution is 6.25. The number of rotatable bonds is 3. The molecule has 5 rings (SSSR count). The van der Waals surface area contributed by atoms with Crippen molar-refractivity contribution >= 4 is 23.2 Å². The SMILES string of the molecule is CN(C)[C@H]1C(O)C(C(N)=O)C(=O)[C@]2(O)C(=O)C3=C(O)c4c(O)ccc(C5CCCC5)c4C[C@@H]3C[C@H]12. The number of amides is 1. The zero-order chi connectivity index (χ0) is 25.4. The molecular weight excluding hydrogens is 452 g/mol. The van der Waals surface area contributed by atoms with Gasteiger partial charge in [-0.3, -0.25) is 14.4 Å². The zero-order valence-electron chi connectivity index (χ0n) is 19.9. The predicted octanol–water partition coefficient (Wildman–Crippen LogP) is 0.787. The number of aliphatic hydroxyl groups is 3. The first-order valence-corrected chi connectivity index (χ1v) is 12.2. The lowest BCUT2D eigenvalue weighted by Gasteiger charge is -2.53. The number of nitrogens with zero attached hydrogens (tertiary/aromatic N) is 1. The lowest BCUT2D eigenvalue weighted by Crippen LogP contribution is -2.73. The molecule has 6 atom stereocenters. The van der Waals surface area contributed by atoms with Gasteiger partial charge in [0.2, 0.25) is 11.7 Å². The number of benzene rings is 1. The highest BCUT2D eigenvalue weighted by Gasteiger charge is 2.67. The zero-order valence-corrected chi connectivity index (χ0v) is 19.9. The Kier molecular flexibility index (Phi) is 5.58. The van der Waals surface area contributed by atoms with E-state index in [9.17, 15) is 34.8 Å². The summed E-state index contributed by atoms with van der Waals surface area (Å²) < 4.78 is 0. The maximum atomic E-state index is 13.8. The average molecular weight is 485 g/mol. The van der Waals surface area contributed by atoms with Crippen LogP contribution in [0.1, 0.15) is 54.7 Å². The van der Waals surface area contributed by atoms with Crippen molar-refractivity contribution in [3.63, 3.8) is 0 Å². The number of likely N-dealkylation sites (N-methyl/N-ethyl adjacent to an activating group) is 1. The Morgan fingerprint density at radius 2 is 1.77 bits per heavy atom. The quantitative estimate of drug-likeness (QED) is 0.393. The number of aromatic hydroxyl groups is 1. The minimum absolute atomic E-state index is 0.111. The Balaban J connectivity index is 1.68. The van der Waals surface area contributed by atoms with E-state index in [2.05, 4.69) is 0 Å². The van der Waals surface area contributed by atoms with Gasteiger partial charge in [0.05, 0.1) is 11.7 Å². The number of ketones is 2. The molecule has 3 saturated carbocycles. The molecule has 188 valence electrons. The number of phenolic OH excluding ortho intramolecular Hbond substituents is 1. The van der Waals surface area contributed by atoms with Crippen LogP contribution in [-0.2, 0) is 20.8 Å². The fourth-order valence-corrected chi connectivity index (χ4v) is 7.25. The van der Waals surface area contributed by atoms with Crippen LogP contribution in [0.15, 0.2) is 17.7 Å². The van der Waals surface area contributed by atoms with Gasteiger partial charge in [0.15, 0.2) is 11.4 Å². The first kappa shape index (κ1) is 24.0. The largest absolute Gasteiger partial charge is 0.507 e. The number of primary amides is 1. The van der Waals surface area contributed by atoms with Crippen LogP contribution in [-0.4, -0.2) is 74.6 Å². The molecule has 0 bridgehead atoms. The van der Waals surface area contributed by atoms with Crippen LogP contribution >= 0.6 is 0 Å². The standard InChI is InChI=1S/C26H32N2O7/c1-28(2)20-15-10-12-9-14-13(11-5-3-4-6-11)7-8-16(29)18(14)21(30)17(12)23(32)26(15,35)24(33)19(22(20)31)25(27)34/h7-8,11-12,15,19-20,22,29-31,35H,3-6,9-10H2,1-2H3,(H2,27,34)/t12-,15-,19?,20-,22?,26-/m1/s1. The monoisotopic (exact) mass is 484 g/mol. The van der Waals surface area contributed by atoms with E-state index in [0.717, 1.165) is 36.8 Å². The topological polar surface area (TPSA) is 161 Å². The van der Waals surface area contributed by atoms with E-state index < -0.39 is 58.7 Å². The van der Waals surface area contributed by atoms with Crippen molar-refractivity contribution in [1.82, 2.24) is 4.90 Å². The summed E-state index contributed by atoms with van der Waals surface area (Å²) in [5.41, 5.74) is 4.68. The Hall–Kier alpha value is -2.75. The highest BCUT2D eigenvalue weighted by atomic mass is 16.3. The molecule has 0 saturated heterocycles. The third kappa shape index (κ3) is 3.21. The number of nitrogens with two attached hydrogens (primary N) is 1. The molecule has 4 aliphatic rings. The first-order chi connectivity index (χ1) is 16.5. The maximum Gasteiger partial charge on any atom is 0.230 e. The van der Waals surface area contributed by atoms with Crippen LogP contribution < -0.4 is 5.73 Å².